The minimum atomic E-state index is -4.02. The van der Waals surface area contributed by atoms with E-state index in [2.05, 4.69) is 5.32 Å². The number of hydrogen-bond acceptors (Lipinski definition) is 5. The van der Waals surface area contributed by atoms with Gasteiger partial charge in [-0.2, -0.15) is 4.31 Å². The molecule has 3 rings (SSSR count). The number of aryl methyl sites for hydroxylation is 1. The summed E-state index contributed by atoms with van der Waals surface area (Å²) in [5, 5.41) is 2.97. The van der Waals surface area contributed by atoms with Crippen molar-refractivity contribution in [3.8, 4) is 0 Å². The Kier molecular flexibility index (Phi) is 7.88. The zero-order valence-corrected chi connectivity index (χ0v) is 21.7. The average molecular weight is 490 g/mol. The maximum Gasteiger partial charge on any atom is 0.341 e. The van der Waals surface area contributed by atoms with E-state index in [9.17, 15) is 18.0 Å². The lowest BCUT2D eigenvalue weighted by molar-refractivity contribution is -0.120. The second kappa shape index (κ2) is 10.3. The number of hydrogen-bond donors (Lipinski definition) is 1. The number of anilines is 1. The molecule has 1 atom stereocenters. The molecule has 0 unspecified atom stereocenters. The summed E-state index contributed by atoms with van der Waals surface area (Å²) in [5.41, 5.74) is 3.96. The van der Waals surface area contributed by atoms with Gasteiger partial charge in [0.25, 0.3) is 0 Å². The SMILES string of the molecule is CCOC(=O)c1c(S(=O)(=O)N2CCC[C@@H](C(=O)Nc3cccc(C)c3C)C2)c(C)n(CC)c1C. The number of nitrogens with zero attached hydrogens (tertiary/aromatic N) is 2. The maximum absolute atomic E-state index is 13.8. The van der Waals surface area contributed by atoms with Crippen LogP contribution in [0.5, 0.6) is 0 Å². The van der Waals surface area contributed by atoms with Gasteiger partial charge in [0.1, 0.15) is 10.5 Å². The van der Waals surface area contributed by atoms with Crippen LogP contribution in [0.1, 0.15) is 59.6 Å². The highest BCUT2D eigenvalue weighted by Gasteiger charge is 2.39. The van der Waals surface area contributed by atoms with Crippen molar-refractivity contribution in [3.63, 3.8) is 0 Å². The van der Waals surface area contributed by atoms with E-state index in [0.29, 0.717) is 37.3 Å². The molecule has 1 amide bonds. The summed E-state index contributed by atoms with van der Waals surface area (Å²) >= 11 is 0. The number of piperidine rings is 1. The van der Waals surface area contributed by atoms with Crippen molar-refractivity contribution in [2.75, 3.05) is 25.0 Å². The van der Waals surface area contributed by atoms with Gasteiger partial charge in [0.05, 0.1) is 12.5 Å². The predicted octanol–water partition coefficient (Wildman–Crippen LogP) is 3.96. The number of benzene rings is 1. The summed E-state index contributed by atoms with van der Waals surface area (Å²) in [6.45, 7) is 12.0. The minimum Gasteiger partial charge on any atom is -0.462 e. The molecule has 0 saturated carbocycles. The molecule has 9 heteroatoms. The summed E-state index contributed by atoms with van der Waals surface area (Å²) in [6.07, 6.45) is 1.16. The quantitative estimate of drug-likeness (QED) is 0.594. The monoisotopic (exact) mass is 489 g/mol. The highest BCUT2D eigenvalue weighted by molar-refractivity contribution is 7.89. The van der Waals surface area contributed by atoms with E-state index < -0.39 is 21.9 Å². The van der Waals surface area contributed by atoms with Crippen LogP contribution in [0.25, 0.3) is 0 Å². The number of sulfonamides is 1. The van der Waals surface area contributed by atoms with Gasteiger partial charge in [-0.3, -0.25) is 4.79 Å². The number of amides is 1. The standard InChI is InChI=1S/C25H35N3O5S/c1-7-28-18(5)22(25(30)33-8-2)23(19(28)6)34(31,32)27-14-10-12-20(15-27)24(29)26-21-13-9-11-16(3)17(21)4/h9,11,13,20H,7-8,10,12,14-15H2,1-6H3,(H,26,29)/t20-/m1/s1. The Morgan fingerprint density at radius 1 is 1.12 bits per heavy atom. The van der Waals surface area contributed by atoms with E-state index in [-0.39, 0.29) is 29.5 Å². The molecule has 1 aromatic carbocycles. The highest BCUT2D eigenvalue weighted by Crippen LogP contribution is 2.33. The Morgan fingerprint density at radius 3 is 2.47 bits per heavy atom. The number of esters is 1. The first-order valence-corrected chi connectivity index (χ1v) is 13.2. The van der Waals surface area contributed by atoms with Gasteiger partial charge in [0.15, 0.2) is 0 Å². The fourth-order valence-electron chi connectivity index (χ4n) is 4.71. The van der Waals surface area contributed by atoms with Crippen LogP contribution in [0.3, 0.4) is 0 Å². The van der Waals surface area contributed by atoms with E-state index in [4.69, 9.17) is 4.74 Å². The van der Waals surface area contributed by atoms with Gasteiger partial charge in [-0.1, -0.05) is 12.1 Å². The van der Waals surface area contributed by atoms with Gasteiger partial charge in [-0.05, 0) is 71.6 Å². The molecule has 186 valence electrons. The Balaban J connectivity index is 1.92. The maximum atomic E-state index is 13.8. The third kappa shape index (κ3) is 4.77. The summed E-state index contributed by atoms with van der Waals surface area (Å²) in [5.74, 6) is -1.32. The first kappa shape index (κ1) is 26.0. The Morgan fingerprint density at radius 2 is 1.82 bits per heavy atom. The van der Waals surface area contributed by atoms with E-state index in [1.807, 2.05) is 43.5 Å². The molecule has 1 fully saturated rings. The fourth-order valence-corrected chi connectivity index (χ4v) is 6.69. The van der Waals surface area contributed by atoms with Gasteiger partial charge in [-0.25, -0.2) is 13.2 Å². The van der Waals surface area contributed by atoms with Crippen LogP contribution < -0.4 is 5.32 Å². The Bertz CT molecular complexity index is 1200. The molecule has 2 aromatic rings. The lowest BCUT2D eigenvalue weighted by Gasteiger charge is -2.31. The van der Waals surface area contributed by atoms with E-state index >= 15 is 0 Å². The van der Waals surface area contributed by atoms with Crippen molar-refractivity contribution in [1.29, 1.82) is 0 Å². The van der Waals surface area contributed by atoms with Crippen LogP contribution in [0.4, 0.5) is 5.69 Å². The molecule has 1 aliphatic heterocycles. The molecule has 2 heterocycles. The smallest absolute Gasteiger partial charge is 0.341 e. The van der Waals surface area contributed by atoms with Crippen molar-refractivity contribution in [3.05, 3.63) is 46.3 Å². The summed E-state index contributed by atoms with van der Waals surface area (Å²) < 4.78 is 36.0. The lowest BCUT2D eigenvalue weighted by atomic mass is 9.98. The fraction of sp³-hybridized carbons (Fsp3) is 0.520. The Labute approximate surface area is 202 Å². The number of rotatable bonds is 7. The molecule has 0 aliphatic carbocycles. The van der Waals surface area contributed by atoms with E-state index in [1.54, 1.807) is 20.8 Å². The van der Waals surface area contributed by atoms with Crippen molar-refractivity contribution in [2.45, 2.75) is 65.8 Å². The molecule has 0 bridgehead atoms. The molecule has 1 saturated heterocycles. The average Bonchev–Trinajstić information content (AvgIpc) is 3.07. The van der Waals surface area contributed by atoms with Crippen LogP contribution in [0.15, 0.2) is 23.1 Å². The first-order valence-electron chi connectivity index (χ1n) is 11.8. The second-order valence-corrected chi connectivity index (χ2v) is 10.7. The number of carbonyl (C=O) groups excluding carboxylic acids is 2. The van der Waals surface area contributed by atoms with Crippen molar-refractivity contribution < 1.29 is 22.7 Å². The Hall–Kier alpha value is -2.65. The third-order valence-electron chi connectivity index (χ3n) is 6.74. The van der Waals surface area contributed by atoms with Gasteiger partial charge in [0.2, 0.25) is 15.9 Å². The lowest BCUT2D eigenvalue weighted by Crippen LogP contribution is -2.44. The molecule has 0 radical (unpaired) electrons. The first-order chi connectivity index (χ1) is 16.0. The van der Waals surface area contributed by atoms with Gasteiger partial charge >= 0.3 is 5.97 Å². The van der Waals surface area contributed by atoms with Gasteiger partial charge in [0, 0.05) is 36.7 Å². The molecule has 1 aromatic heterocycles. The highest BCUT2D eigenvalue weighted by atomic mass is 32.2. The van der Waals surface area contributed by atoms with Crippen LogP contribution in [-0.4, -0.2) is 48.9 Å². The van der Waals surface area contributed by atoms with Crippen LogP contribution in [-0.2, 0) is 26.1 Å². The summed E-state index contributed by atoms with van der Waals surface area (Å²) in [4.78, 5) is 25.8. The van der Waals surface area contributed by atoms with Crippen molar-refractivity contribution in [2.24, 2.45) is 5.92 Å². The van der Waals surface area contributed by atoms with E-state index in [1.165, 1.54) is 4.31 Å². The number of nitrogens with one attached hydrogen (secondary N) is 1. The van der Waals surface area contributed by atoms with Crippen molar-refractivity contribution >= 4 is 27.6 Å². The molecular formula is C25H35N3O5S. The van der Waals surface area contributed by atoms with E-state index in [0.717, 1.165) is 16.8 Å². The topological polar surface area (TPSA) is 97.7 Å². The normalized spacial score (nSPS) is 16.9. The number of carbonyl (C=O) groups is 2. The third-order valence-corrected chi connectivity index (χ3v) is 8.77. The molecule has 34 heavy (non-hydrogen) atoms. The van der Waals surface area contributed by atoms with Crippen LogP contribution >= 0.6 is 0 Å². The van der Waals surface area contributed by atoms with Crippen molar-refractivity contribution in [1.82, 2.24) is 8.87 Å². The minimum absolute atomic E-state index is 0.0131. The molecular weight excluding hydrogens is 454 g/mol. The molecule has 1 N–H and O–H groups in total. The zero-order chi connectivity index (χ0) is 25.2. The molecule has 8 nitrogen and oxygen atoms in total. The zero-order valence-electron chi connectivity index (χ0n) is 20.9. The summed E-state index contributed by atoms with van der Waals surface area (Å²) in [6, 6.07) is 5.71. The second-order valence-electron chi connectivity index (χ2n) is 8.78. The largest absolute Gasteiger partial charge is 0.462 e. The van der Waals surface area contributed by atoms with Crippen LogP contribution in [0, 0.1) is 33.6 Å². The number of aromatic nitrogens is 1. The molecule has 1 aliphatic rings. The van der Waals surface area contributed by atoms with Crippen LogP contribution in [0.2, 0.25) is 0 Å². The molecule has 0 spiro atoms. The summed E-state index contributed by atoms with van der Waals surface area (Å²) in [7, 11) is -4.02. The van der Waals surface area contributed by atoms with Gasteiger partial charge in [-0.15, -0.1) is 0 Å². The predicted molar refractivity (Wildman–Crippen MR) is 132 cm³/mol. The number of ether oxygens (including phenoxy) is 1. The van der Waals surface area contributed by atoms with Gasteiger partial charge < -0.3 is 14.6 Å².